The van der Waals surface area contributed by atoms with Gasteiger partial charge in [0.15, 0.2) is 5.82 Å². The zero-order valence-corrected chi connectivity index (χ0v) is 13.4. The second-order valence-corrected chi connectivity index (χ2v) is 5.42. The number of nitrogens with zero attached hydrogens (tertiary/aromatic N) is 4. The lowest BCUT2D eigenvalue weighted by atomic mass is 10.2. The fourth-order valence-corrected chi connectivity index (χ4v) is 2.20. The number of halogens is 2. The van der Waals surface area contributed by atoms with Gasteiger partial charge in [-0.2, -0.15) is 10.1 Å². The summed E-state index contributed by atoms with van der Waals surface area (Å²) >= 11 is 0. The maximum Gasteiger partial charge on any atom is 0.263 e. The fourth-order valence-electron chi connectivity index (χ4n) is 2.20. The third-order valence-electron chi connectivity index (χ3n) is 3.42. The maximum absolute atomic E-state index is 13.7. The van der Waals surface area contributed by atoms with E-state index >= 15 is 0 Å². The first-order chi connectivity index (χ1) is 12.0. The van der Waals surface area contributed by atoms with Crippen LogP contribution < -0.4 is 5.32 Å². The molecule has 130 valence electrons. The number of carbonyl (C=O) groups is 1. The van der Waals surface area contributed by atoms with Crippen molar-refractivity contribution in [3.63, 3.8) is 0 Å². The molecule has 9 heteroatoms. The highest BCUT2D eigenvalue weighted by molar-refractivity contribution is 5.75. The fraction of sp³-hybridized carbons (Fsp3) is 0.250. The number of hydrogen-bond donors (Lipinski definition) is 1. The summed E-state index contributed by atoms with van der Waals surface area (Å²) < 4.78 is 33.9. The first-order valence-corrected chi connectivity index (χ1v) is 7.55. The number of aromatic nitrogens is 4. The standard InChI is InChI=1S/C16H15F2N5O2/c1-10-7-20-23(9-10)6-5-14(24)19-8-13-21-16(25-22-13)15-11(17)3-2-4-12(15)18/h2-4,7,9H,5-6,8H2,1H3,(H,19,24). The van der Waals surface area contributed by atoms with Crippen molar-refractivity contribution in [1.82, 2.24) is 25.2 Å². The van der Waals surface area contributed by atoms with E-state index in [1.807, 2.05) is 13.1 Å². The molecule has 2 heterocycles. The zero-order chi connectivity index (χ0) is 17.8. The Kier molecular flexibility index (Phi) is 4.82. The van der Waals surface area contributed by atoms with Crippen LogP contribution in [0.25, 0.3) is 11.5 Å². The number of nitrogens with one attached hydrogen (secondary N) is 1. The summed E-state index contributed by atoms with van der Waals surface area (Å²) in [7, 11) is 0. The van der Waals surface area contributed by atoms with Gasteiger partial charge in [-0.1, -0.05) is 11.2 Å². The second kappa shape index (κ2) is 7.20. The highest BCUT2D eigenvalue weighted by Gasteiger charge is 2.18. The van der Waals surface area contributed by atoms with Crippen molar-refractivity contribution in [3.05, 3.63) is 53.6 Å². The van der Waals surface area contributed by atoms with Crippen LogP contribution in [0.4, 0.5) is 8.78 Å². The van der Waals surface area contributed by atoms with E-state index in [-0.39, 0.29) is 36.2 Å². The average Bonchev–Trinajstić information content (AvgIpc) is 3.20. The first-order valence-electron chi connectivity index (χ1n) is 7.55. The summed E-state index contributed by atoms with van der Waals surface area (Å²) in [4.78, 5) is 15.7. The first kappa shape index (κ1) is 16.7. The summed E-state index contributed by atoms with van der Waals surface area (Å²) in [6.45, 7) is 2.35. The molecule has 0 aliphatic heterocycles. The van der Waals surface area contributed by atoms with Gasteiger partial charge in [0, 0.05) is 19.2 Å². The maximum atomic E-state index is 13.7. The van der Waals surface area contributed by atoms with Crippen LogP contribution >= 0.6 is 0 Å². The Balaban J connectivity index is 1.56. The molecule has 0 atom stereocenters. The molecule has 1 amide bonds. The van der Waals surface area contributed by atoms with Crippen molar-refractivity contribution in [2.45, 2.75) is 26.4 Å². The van der Waals surface area contributed by atoms with Crippen molar-refractivity contribution in [2.75, 3.05) is 0 Å². The zero-order valence-electron chi connectivity index (χ0n) is 13.4. The summed E-state index contributed by atoms with van der Waals surface area (Å²) in [5.41, 5.74) is 0.627. The molecule has 7 nitrogen and oxygen atoms in total. The topological polar surface area (TPSA) is 85.8 Å². The minimum atomic E-state index is -0.797. The summed E-state index contributed by atoms with van der Waals surface area (Å²) in [6.07, 6.45) is 3.77. The average molecular weight is 347 g/mol. The molecule has 1 aromatic carbocycles. The van der Waals surface area contributed by atoms with E-state index in [4.69, 9.17) is 4.52 Å². The number of aryl methyl sites for hydroxylation is 2. The second-order valence-electron chi connectivity index (χ2n) is 5.42. The summed E-state index contributed by atoms with van der Waals surface area (Å²) in [6, 6.07) is 3.44. The number of rotatable bonds is 6. The Bertz CT molecular complexity index is 870. The molecule has 0 aliphatic rings. The normalized spacial score (nSPS) is 10.8. The smallest absolute Gasteiger partial charge is 0.263 e. The molecule has 0 aliphatic carbocycles. The van der Waals surface area contributed by atoms with Crippen LogP contribution in [0, 0.1) is 18.6 Å². The van der Waals surface area contributed by atoms with Crippen LogP contribution in [0.1, 0.15) is 17.8 Å². The Morgan fingerprint density at radius 2 is 2.08 bits per heavy atom. The monoisotopic (exact) mass is 347 g/mol. The van der Waals surface area contributed by atoms with Crippen LogP contribution in [-0.2, 0) is 17.9 Å². The van der Waals surface area contributed by atoms with Crippen LogP contribution in [0.3, 0.4) is 0 Å². The summed E-state index contributed by atoms with van der Waals surface area (Å²) in [5, 5.41) is 10.3. The molecule has 0 unspecified atom stereocenters. The van der Waals surface area contributed by atoms with Gasteiger partial charge in [0.05, 0.1) is 12.7 Å². The van der Waals surface area contributed by atoms with Gasteiger partial charge in [-0.15, -0.1) is 0 Å². The van der Waals surface area contributed by atoms with E-state index in [1.54, 1.807) is 10.9 Å². The van der Waals surface area contributed by atoms with E-state index in [9.17, 15) is 13.6 Å². The van der Waals surface area contributed by atoms with Crippen molar-refractivity contribution < 1.29 is 18.1 Å². The Morgan fingerprint density at radius 3 is 2.76 bits per heavy atom. The number of amides is 1. The molecular weight excluding hydrogens is 332 g/mol. The van der Waals surface area contributed by atoms with Gasteiger partial charge in [0.25, 0.3) is 5.89 Å². The third kappa shape index (κ3) is 4.06. The molecular formula is C16H15F2N5O2. The van der Waals surface area contributed by atoms with Crippen LogP contribution in [0.15, 0.2) is 35.1 Å². The molecule has 0 saturated heterocycles. The highest BCUT2D eigenvalue weighted by atomic mass is 19.1. The van der Waals surface area contributed by atoms with Crippen molar-refractivity contribution in [3.8, 4) is 11.5 Å². The Morgan fingerprint density at radius 1 is 1.32 bits per heavy atom. The molecule has 0 saturated carbocycles. The lowest BCUT2D eigenvalue weighted by molar-refractivity contribution is -0.121. The van der Waals surface area contributed by atoms with Crippen LogP contribution in [0.5, 0.6) is 0 Å². The SMILES string of the molecule is Cc1cnn(CCC(=O)NCc2noc(-c3c(F)cccc3F)n2)c1. The van der Waals surface area contributed by atoms with Crippen LogP contribution in [0.2, 0.25) is 0 Å². The van der Waals surface area contributed by atoms with Gasteiger partial charge in [-0.05, 0) is 24.6 Å². The number of carbonyl (C=O) groups excluding carboxylic acids is 1. The predicted octanol–water partition coefficient (Wildman–Crippen LogP) is 2.23. The van der Waals surface area contributed by atoms with E-state index in [0.29, 0.717) is 6.54 Å². The molecule has 0 bridgehead atoms. The molecule has 1 N–H and O–H groups in total. The van der Waals surface area contributed by atoms with Crippen molar-refractivity contribution in [1.29, 1.82) is 0 Å². The molecule has 0 spiro atoms. The minimum Gasteiger partial charge on any atom is -0.349 e. The summed E-state index contributed by atoms with van der Waals surface area (Å²) in [5.74, 6) is -1.97. The molecule has 2 aromatic heterocycles. The third-order valence-corrected chi connectivity index (χ3v) is 3.42. The van der Waals surface area contributed by atoms with Gasteiger partial charge in [0.2, 0.25) is 5.91 Å². The largest absolute Gasteiger partial charge is 0.349 e. The quantitative estimate of drug-likeness (QED) is 0.739. The highest BCUT2D eigenvalue weighted by Crippen LogP contribution is 2.24. The molecule has 0 fully saturated rings. The van der Waals surface area contributed by atoms with Gasteiger partial charge in [0.1, 0.15) is 17.2 Å². The lowest BCUT2D eigenvalue weighted by Crippen LogP contribution is -2.24. The van der Waals surface area contributed by atoms with E-state index in [2.05, 4.69) is 20.6 Å². The van der Waals surface area contributed by atoms with E-state index in [1.165, 1.54) is 6.07 Å². The number of benzene rings is 1. The molecule has 3 rings (SSSR count). The molecule has 3 aromatic rings. The minimum absolute atomic E-state index is 0.00343. The Hall–Kier alpha value is -3.10. The Labute approximate surface area is 141 Å². The molecule has 0 radical (unpaired) electrons. The van der Waals surface area contributed by atoms with Crippen molar-refractivity contribution >= 4 is 5.91 Å². The number of hydrogen-bond acceptors (Lipinski definition) is 5. The van der Waals surface area contributed by atoms with E-state index in [0.717, 1.165) is 17.7 Å². The van der Waals surface area contributed by atoms with Gasteiger partial charge >= 0.3 is 0 Å². The molecule has 25 heavy (non-hydrogen) atoms. The van der Waals surface area contributed by atoms with Gasteiger partial charge in [-0.25, -0.2) is 8.78 Å². The van der Waals surface area contributed by atoms with Gasteiger partial charge in [-0.3, -0.25) is 9.48 Å². The lowest BCUT2D eigenvalue weighted by Gasteiger charge is -2.02. The predicted molar refractivity (Wildman–Crippen MR) is 83.1 cm³/mol. The van der Waals surface area contributed by atoms with E-state index < -0.39 is 11.6 Å². The van der Waals surface area contributed by atoms with Crippen molar-refractivity contribution in [2.24, 2.45) is 0 Å². The van der Waals surface area contributed by atoms with Crippen LogP contribution in [-0.4, -0.2) is 25.8 Å². The van der Waals surface area contributed by atoms with Gasteiger partial charge < -0.3 is 9.84 Å².